The minimum absolute atomic E-state index is 0.0688. The first-order valence-corrected chi connectivity index (χ1v) is 16.7. The normalized spacial score (nSPS) is 15.5. The summed E-state index contributed by atoms with van der Waals surface area (Å²) in [6.07, 6.45) is 6.70. The lowest BCUT2D eigenvalue weighted by Crippen LogP contribution is -2.17. The van der Waals surface area contributed by atoms with Gasteiger partial charge in [-0.05, 0) is 106 Å². The summed E-state index contributed by atoms with van der Waals surface area (Å²) in [6.45, 7) is 6.98. The van der Waals surface area contributed by atoms with Gasteiger partial charge in [0, 0.05) is 22.4 Å². The molecule has 0 spiro atoms. The van der Waals surface area contributed by atoms with E-state index in [0.29, 0.717) is 5.92 Å². The third kappa shape index (κ3) is 4.68. The van der Waals surface area contributed by atoms with Crippen molar-refractivity contribution in [3.05, 3.63) is 150 Å². The van der Waals surface area contributed by atoms with Crippen molar-refractivity contribution in [2.24, 2.45) is 0 Å². The molecule has 0 atom stereocenters. The maximum Gasteiger partial charge on any atom is 0.0546 e. The van der Waals surface area contributed by atoms with E-state index in [-0.39, 0.29) is 5.41 Å². The molecule has 0 saturated heterocycles. The maximum atomic E-state index is 2.51. The van der Waals surface area contributed by atoms with Gasteiger partial charge >= 0.3 is 0 Å². The molecule has 0 aromatic heterocycles. The Bertz CT molecular complexity index is 2020. The van der Waals surface area contributed by atoms with Gasteiger partial charge in [-0.25, -0.2) is 0 Å². The SMILES string of the molecule is Cc1ccccc1-c1c(N(c2ccc(C3CCCCC3)cc2)c2ccc3c(c2)C(C)(C)c2ccccc2-3)ccc2ccccc12. The van der Waals surface area contributed by atoms with Crippen molar-refractivity contribution >= 4 is 27.8 Å². The van der Waals surface area contributed by atoms with Crippen molar-refractivity contribution in [1.29, 1.82) is 0 Å². The van der Waals surface area contributed by atoms with Crippen LogP contribution in [0.15, 0.2) is 127 Å². The van der Waals surface area contributed by atoms with Crippen molar-refractivity contribution < 1.29 is 0 Å². The Morgan fingerprint density at radius 2 is 1.24 bits per heavy atom. The minimum atomic E-state index is -0.0688. The smallest absolute Gasteiger partial charge is 0.0546 e. The highest BCUT2D eigenvalue weighted by molar-refractivity contribution is 6.06. The molecule has 1 fully saturated rings. The number of benzene rings is 6. The van der Waals surface area contributed by atoms with Crippen LogP contribution in [0.25, 0.3) is 33.0 Å². The molecule has 2 aliphatic rings. The first-order chi connectivity index (χ1) is 22.0. The molecule has 1 heteroatoms. The lowest BCUT2D eigenvalue weighted by molar-refractivity contribution is 0.443. The molecule has 45 heavy (non-hydrogen) atoms. The first-order valence-electron chi connectivity index (χ1n) is 16.7. The Kier molecular flexibility index (Phi) is 6.86. The van der Waals surface area contributed by atoms with E-state index in [2.05, 4.69) is 153 Å². The molecule has 0 unspecified atom stereocenters. The Balaban J connectivity index is 1.36. The molecule has 0 heterocycles. The lowest BCUT2D eigenvalue weighted by Gasteiger charge is -2.31. The summed E-state index contributed by atoms with van der Waals surface area (Å²) in [4.78, 5) is 2.51. The molecule has 0 aliphatic heterocycles. The average molecular weight is 584 g/mol. The van der Waals surface area contributed by atoms with Crippen LogP contribution in [0, 0.1) is 6.92 Å². The minimum Gasteiger partial charge on any atom is -0.310 e. The molecule has 0 radical (unpaired) electrons. The van der Waals surface area contributed by atoms with Crippen molar-refractivity contribution in [1.82, 2.24) is 0 Å². The Morgan fingerprint density at radius 3 is 2.04 bits per heavy atom. The fourth-order valence-electron chi connectivity index (χ4n) is 8.17. The number of rotatable bonds is 5. The molecule has 8 rings (SSSR count). The van der Waals surface area contributed by atoms with Crippen LogP contribution < -0.4 is 4.90 Å². The van der Waals surface area contributed by atoms with Gasteiger partial charge in [0.05, 0.1) is 5.69 Å². The van der Waals surface area contributed by atoms with E-state index >= 15 is 0 Å². The second-order valence-corrected chi connectivity index (χ2v) is 13.7. The van der Waals surface area contributed by atoms with Crippen LogP contribution in [-0.4, -0.2) is 0 Å². The number of fused-ring (bicyclic) bond motifs is 4. The highest BCUT2D eigenvalue weighted by Gasteiger charge is 2.36. The molecule has 2 aliphatic carbocycles. The van der Waals surface area contributed by atoms with E-state index in [1.165, 1.54) is 104 Å². The predicted octanol–water partition coefficient (Wildman–Crippen LogP) is 12.6. The summed E-state index contributed by atoms with van der Waals surface area (Å²) in [6, 6.07) is 47.9. The lowest BCUT2D eigenvalue weighted by atomic mass is 9.82. The molecular weight excluding hydrogens is 542 g/mol. The fraction of sp³-hybridized carbons (Fsp3) is 0.227. The average Bonchev–Trinajstić information content (AvgIpc) is 3.32. The molecule has 1 nitrogen and oxygen atoms in total. The Hall–Kier alpha value is -4.62. The second-order valence-electron chi connectivity index (χ2n) is 13.7. The molecule has 6 aromatic carbocycles. The molecule has 0 amide bonds. The van der Waals surface area contributed by atoms with Gasteiger partial charge < -0.3 is 4.90 Å². The van der Waals surface area contributed by atoms with Crippen LogP contribution in [0.1, 0.15) is 74.1 Å². The summed E-state index contributed by atoms with van der Waals surface area (Å²) in [5, 5.41) is 2.54. The van der Waals surface area contributed by atoms with Crippen LogP contribution >= 0.6 is 0 Å². The van der Waals surface area contributed by atoms with Gasteiger partial charge in [0.1, 0.15) is 0 Å². The number of anilines is 3. The van der Waals surface area contributed by atoms with Crippen molar-refractivity contribution in [3.8, 4) is 22.3 Å². The molecule has 0 bridgehead atoms. The summed E-state index contributed by atoms with van der Waals surface area (Å²) >= 11 is 0. The summed E-state index contributed by atoms with van der Waals surface area (Å²) in [5.41, 5.74) is 14.4. The van der Waals surface area contributed by atoms with Gasteiger partial charge in [-0.15, -0.1) is 0 Å². The Labute approximate surface area is 268 Å². The van der Waals surface area contributed by atoms with Crippen molar-refractivity contribution in [2.75, 3.05) is 4.90 Å². The van der Waals surface area contributed by atoms with E-state index in [1.54, 1.807) is 0 Å². The molecule has 0 N–H and O–H groups in total. The highest BCUT2D eigenvalue weighted by atomic mass is 15.1. The van der Waals surface area contributed by atoms with Crippen molar-refractivity contribution in [3.63, 3.8) is 0 Å². The third-order valence-corrected chi connectivity index (χ3v) is 10.6. The highest BCUT2D eigenvalue weighted by Crippen LogP contribution is 2.52. The topological polar surface area (TPSA) is 3.24 Å². The summed E-state index contributed by atoms with van der Waals surface area (Å²) in [5.74, 6) is 0.684. The number of aryl methyl sites for hydroxylation is 1. The first kappa shape index (κ1) is 27.9. The zero-order chi connectivity index (χ0) is 30.5. The third-order valence-electron chi connectivity index (χ3n) is 10.6. The zero-order valence-corrected chi connectivity index (χ0v) is 26.7. The van der Waals surface area contributed by atoms with E-state index in [1.807, 2.05) is 0 Å². The molecular formula is C44H41N. The standard InChI is InChI=1S/C44H41N/c1-30-13-7-9-17-36(30)43-37-18-10-8-16-33(37)23-28-42(43)45(34-24-21-32(22-25-34)31-14-5-4-6-15-31)35-26-27-39-38-19-11-12-20-40(38)44(2,3)41(39)29-35/h7-13,16-29,31H,4-6,14-15H2,1-3H3. The number of hydrogen-bond donors (Lipinski definition) is 0. The molecule has 1 saturated carbocycles. The largest absolute Gasteiger partial charge is 0.310 e. The van der Waals surface area contributed by atoms with E-state index < -0.39 is 0 Å². The maximum absolute atomic E-state index is 2.51. The second kappa shape index (κ2) is 11.1. The summed E-state index contributed by atoms with van der Waals surface area (Å²) in [7, 11) is 0. The van der Waals surface area contributed by atoms with Gasteiger partial charge in [0.25, 0.3) is 0 Å². The van der Waals surface area contributed by atoms with Gasteiger partial charge in [-0.1, -0.05) is 130 Å². The number of hydrogen-bond acceptors (Lipinski definition) is 1. The molecule has 6 aromatic rings. The Morgan fingerprint density at radius 1 is 0.578 bits per heavy atom. The quantitative estimate of drug-likeness (QED) is 0.195. The van der Waals surface area contributed by atoms with Gasteiger partial charge in [0.15, 0.2) is 0 Å². The van der Waals surface area contributed by atoms with Crippen LogP contribution in [0.3, 0.4) is 0 Å². The van der Waals surface area contributed by atoms with Crippen molar-refractivity contribution in [2.45, 2.75) is 64.2 Å². The predicted molar refractivity (Wildman–Crippen MR) is 192 cm³/mol. The van der Waals surface area contributed by atoms with E-state index in [4.69, 9.17) is 0 Å². The van der Waals surface area contributed by atoms with Gasteiger partial charge in [-0.2, -0.15) is 0 Å². The van der Waals surface area contributed by atoms with Crippen LogP contribution in [0.4, 0.5) is 17.1 Å². The van der Waals surface area contributed by atoms with Crippen LogP contribution in [0.2, 0.25) is 0 Å². The van der Waals surface area contributed by atoms with E-state index in [0.717, 1.165) is 0 Å². The van der Waals surface area contributed by atoms with Crippen LogP contribution in [-0.2, 0) is 5.41 Å². The van der Waals surface area contributed by atoms with Gasteiger partial charge in [-0.3, -0.25) is 0 Å². The monoisotopic (exact) mass is 583 g/mol. The fourth-order valence-corrected chi connectivity index (χ4v) is 8.17. The van der Waals surface area contributed by atoms with Gasteiger partial charge in [0.2, 0.25) is 0 Å². The number of nitrogens with zero attached hydrogens (tertiary/aromatic N) is 1. The summed E-state index contributed by atoms with van der Waals surface area (Å²) < 4.78 is 0. The van der Waals surface area contributed by atoms with Crippen LogP contribution in [0.5, 0.6) is 0 Å². The molecule has 222 valence electrons. The zero-order valence-electron chi connectivity index (χ0n) is 26.7. The van der Waals surface area contributed by atoms with E-state index in [9.17, 15) is 0 Å².